The van der Waals surface area contributed by atoms with E-state index in [2.05, 4.69) is 10.1 Å². The Kier molecular flexibility index (Phi) is 3.45. The lowest BCUT2D eigenvalue weighted by molar-refractivity contribution is 0.611. The van der Waals surface area contributed by atoms with E-state index in [1.54, 1.807) is 16.7 Å². The average molecular weight is 307 g/mol. The number of aromatic nitrogens is 4. The molecule has 0 radical (unpaired) electrons. The second-order valence-electron chi connectivity index (χ2n) is 5.03. The number of nitrogens with zero attached hydrogens (tertiary/aromatic N) is 4. The van der Waals surface area contributed by atoms with Gasteiger partial charge < -0.3 is 0 Å². The molecule has 21 heavy (non-hydrogen) atoms. The second-order valence-corrected chi connectivity index (χ2v) is 5.29. The molecule has 6 heteroatoms. The predicted octanol–water partition coefficient (Wildman–Crippen LogP) is 3.74. The predicted molar refractivity (Wildman–Crippen MR) is 81.5 cm³/mol. The highest BCUT2D eigenvalue weighted by molar-refractivity contribution is 6.17. The maximum absolute atomic E-state index is 14.3. The number of rotatable bonds is 3. The summed E-state index contributed by atoms with van der Waals surface area (Å²) in [5, 5.41) is 4.45. The van der Waals surface area contributed by atoms with E-state index in [0.717, 1.165) is 22.4 Å². The van der Waals surface area contributed by atoms with Gasteiger partial charge in [0, 0.05) is 6.54 Å². The fourth-order valence-electron chi connectivity index (χ4n) is 2.57. The number of hydrogen-bond donors (Lipinski definition) is 0. The smallest absolute Gasteiger partial charge is 0.163 e. The highest BCUT2D eigenvalue weighted by atomic mass is 35.5. The van der Waals surface area contributed by atoms with E-state index in [-0.39, 0.29) is 11.7 Å². The highest BCUT2D eigenvalue weighted by Crippen LogP contribution is 2.27. The summed E-state index contributed by atoms with van der Waals surface area (Å²) in [7, 11) is 0. The Bertz CT molecular complexity index is 819. The number of aryl methyl sites for hydroxylation is 3. The summed E-state index contributed by atoms with van der Waals surface area (Å²) in [5.41, 5.74) is 3.82. The highest BCUT2D eigenvalue weighted by Gasteiger charge is 2.20. The van der Waals surface area contributed by atoms with Crippen molar-refractivity contribution in [1.82, 2.24) is 19.3 Å². The number of halogens is 2. The summed E-state index contributed by atoms with van der Waals surface area (Å²) in [6, 6.07) is 5.01. The zero-order chi connectivity index (χ0) is 15.1. The molecule has 2 aromatic heterocycles. The molecule has 0 saturated heterocycles. The molecule has 2 heterocycles. The maximum Gasteiger partial charge on any atom is 0.163 e. The first kappa shape index (κ1) is 14.1. The minimum Gasteiger partial charge on any atom is -0.277 e. The molecular weight excluding hydrogens is 291 g/mol. The Morgan fingerprint density at radius 2 is 2.05 bits per heavy atom. The molecule has 0 saturated carbocycles. The maximum atomic E-state index is 14.3. The number of fused-ring (bicyclic) bond motifs is 1. The quantitative estimate of drug-likeness (QED) is 0.691. The number of benzene rings is 1. The van der Waals surface area contributed by atoms with Crippen LogP contribution < -0.4 is 0 Å². The van der Waals surface area contributed by atoms with Crippen molar-refractivity contribution in [3.8, 4) is 5.69 Å². The fraction of sp³-hybridized carbons (Fsp3) is 0.333. The van der Waals surface area contributed by atoms with Crippen molar-refractivity contribution in [1.29, 1.82) is 0 Å². The van der Waals surface area contributed by atoms with Gasteiger partial charge in [0.1, 0.15) is 17.2 Å². The summed E-state index contributed by atoms with van der Waals surface area (Å²) in [6.45, 7) is 6.51. The largest absolute Gasteiger partial charge is 0.277 e. The van der Waals surface area contributed by atoms with E-state index >= 15 is 0 Å². The molecule has 0 amide bonds. The number of hydrogen-bond acceptors (Lipinski definition) is 2. The van der Waals surface area contributed by atoms with E-state index in [0.29, 0.717) is 18.1 Å². The fourth-order valence-corrected chi connectivity index (χ4v) is 2.75. The van der Waals surface area contributed by atoms with Crippen LogP contribution in [0.15, 0.2) is 18.2 Å². The topological polar surface area (TPSA) is 35.6 Å². The Balaban J connectivity index is 2.42. The van der Waals surface area contributed by atoms with E-state index in [9.17, 15) is 4.39 Å². The lowest BCUT2D eigenvalue weighted by atomic mass is 10.2. The standard InChI is InChI=1S/C15H16ClFN4/c1-4-20-15-14(10(3)19-20)18-13(8-16)21(15)12-7-9(2)5-6-11(12)17/h5-7H,4,8H2,1-3H3. The lowest BCUT2D eigenvalue weighted by Gasteiger charge is -2.11. The summed E-state index contributed by atoms with van der Waals surface area (Å²) >= 11 is 6.01. The van der Waals surface area contributed by atoms with E-state index in [4.69, 9.17) is 11.6 Å². The van der Waals surface area contributed by atoms with Crippen LogP contribution in [0.25, 0.3) is 16.9 Å². The van der Waals surface area contributed by atoms with Gasteiger partial charge >= 0.3 is 0 Å². The molecule has 3 aromatic rings. The normalized spacial score (nSPS) is 11.5. The van der Waals surface area contributed by atoms with Gasteiger partial charge in [-0.1, -0.05) is 6.07 Å². The van der Waals surface area contributed by atoms with Crippen molar-refractivity contribution in [2.24, 2.45) is 0 Å². The monoisotopic (exact) mass is 306 g/mol. The Labute approximate surface area is 127 Å². The van der Waals surface area contributed by atoms with Crippen LogP contribution in [-0.4, -0.2) is 19.3 Å². The van der Waals surface area contributed by atoms with Crippen LogP contribution in [0, 0.1) is 19.7 Å². The van der Waals surface area contributed by atoms with Crippen molar-refractivity contribution in [3.63, 3.8) is 0 Å². The molecule has 0 aliphatic heterocycles. The Morgan fingerprint density at radius 3 is 2.71 bits per heavy atom. The van der Waals surface area contributed by atoms with Gasteiger partial charge in [-0.05, 0) is 38.5 Å². The molecule has 110 valence electrons. The third-order valence-electron chi connectivity index (χ3n) is 3.54. The molecule has 3 rings (SSSR count). The van der Waals surface area contributed by atoms with Gasteiger partial charge in [0.15, 0.2) is 5.65 Å². The van der Waals surface area contributed by atoms with Gasteiger partial charge in [-0.2, -0.15) is 5.10 Å². The van der Waals surface area contributed by atoms with Crippen LogP contribution >= 0.6 is 11.6 Å². The van der Waals surface area contributed by atoms with Gasteiger partial charge in [0.05, 0.1) is 17.3 Å². The minimum absolute atomic E-state index is 0.214. The molecule has 1 aromatic carbocycles. The molecular formula is C15H16ClFN4. The third kappa shape index (κ3) is 2.12. The van der Waals surface area contributed by atoms with Gasteiger partial charge in [0.2, 0.25) is 0 Å². The minimum atomic E-state index is -0.298. The van der Waals surface area contributed by atoms with Crippen molar-refractivity contribution >= 4 is 22.8 Å². The molecule has 0 unspecified atom stereocenters. The summed E-state index contributed by atoms with van der Waals surface area (Å²) in [4.78, 5) is 4.53. The van der Waals surface area contributed by atoms with Gasteiger partial charge in [-0.25, -0.2) is 14.1 Å². The van der Waals surface area contributed by atoms with Crippen LogP contribution in [0.1, 0.15) is 24.0 Å². The molecule has 0 atom stereocenters. The number of imidazole rings is 1. The van der Waals surface area contributed by atoms with Gasteiger partial charge in [-0.15, -0.1) is 11.6 Å². The van der Waals surface area contributed by atoms with Crippen LogP contribution in [0.4, 0.5) is 4.39 Å². The van der Waals surface area contributed by atoms with Crippen molar-refractivity contribution < 1.29 is 4.39 Å². The molecule has 0 aliphatic carbocycles. The van der Waals surface area contributed by atoms with E-state index in [1.165, 1.54) is 6.07 Å². The molecule has 0 spiro atoms. The summed E-state index contributed by atoms with van der Waals surface area (Å²) in [6.07, 6.45) is 0. The first-order valence-electron chi connectivity index (χ1n) is 6.84. The summed E-state index contributed by atoms with van der Waals surface area (Å²) < 4.78 is 17.9. The van der Waals surface area contributed by atoms with Gasteiger partial charge in [-0.3, -0.25) is 4.57 Å². The van der Waals surface area contributed by atoms with Crippen LogP contribution in [0.5, 0.6) is 0 Å². The summed E-state index contributed by atoms with van der Waals surface area (Å²) in [5.74, 6) is 0.539. The van der Waals surface area contributed by atoms with E-state index < -0.39 is 0 Å². The van der Waals surface area contributed by atoms with Crippen LogP contribution in [0.2, 0.25) is 0 Å². The van der Waals surface area contributed by atoms with Crippen LogP contribution in [0.3, 0.4) is 0 Å². The van der Waals surface area contributed by atoms with Crippen molar-refractivity contribution in [2.75, 3.05) is 0 Å². The van der Waals surface area contributed by atoms with E-state index in [1.807, 2.05) is 25.5 Å². The molecule has 0 N–H and O–H groups in total. The molecule has 0 aliphatic rings. The zero-order valence-corrected chi connectivity index (χ0v) is 12.9. The van der Waals surface area contributed by atoms with Gasteiger partial charge in [0.25, 0.3) is 0 Å². The number of alkyl halides is 1. The SMILES string of the molecule is CCn1nc(C)c2nc(CCl)n(-c3cc(C)ccc3F)c21. The van der Waals surface area contributed by atoms with Crippen LogP contribution in [-0.2, 0) is 12.4 Å². The molecule has 0 fully saturated rings. The van der Waals surface area contributed by atoms with Crippen molar-refractivity contribution in [3.05, 3.63) is 41.1 Å². The molecule has 4 nitrogen and oxygen atoms in total. The Morgan fingerprint density at radius 1 is 1.29 bits per heavy atom. The van der Waals surface area contributed by atoms with Crippen molar-refractivity contribution in [2.45, 2.75) is 33.2 Å². The third-order valence-corrected chi connectivity index (χ3v) is 3.78. The lowest BCUT2D eigenvalue weighted by Crippen LogP contribution is -2.08. The first-order valence-corrected chi connectivity index (χ1v) is 7.37. The molecule has 0 bridgehead atoms. The first-order chi connectivity index (χ1) is 10.1. The average Bonchev–Trinajstić information content (AvgIpc) is 2.99. The zero-order valence-electron chi connectivity index (χ0n) is 12.2. The second kappa shape index (κ2) is 5.15. The Hall–Kier alpha value is -1.88.